The van der Waals surface area contributed by atoms with Crippen molar-refractivity contribution in [3.05, 3.63) is 28.8 Å². The van der Waals surface area contributed by atoms with Crippen LogP contribution >= 0.6 is 12.2 Å². The third-order valence-corrected chi connectivity index (χ3v) is 4.75. The van der Waals surface area contributed by atoms with E-state index in [1.54, 1.807) is 12.1 Å². The Morgan fingerprint density at radius 2 is 2.16 bits per heavy atom. The molecule has 1 heterocycles. The summed E-state index contributed by atoms with van der Waals surface area (Å²) in [5.41, 5.74) is 1.93. The van der Waals surface area contributed by atoms with Crippen molar-refractivity contribution < 1.29 is 4.39 Å². The Morgan fingerprint density at radius 1 is 1.42 bits per heavy atom. The molecule has 0 amide bonds. The normalized spacial score (nSPS) is 17.9. The summed E-state index contributed by atoms with van der Waals surface area (Å²) in [6.07, 6.45) is 3.59. The van der Waals surface area contributed by atoms with Crippen LogP contribution in [0.2, 0.25) is 0 Å². The molecule has 0 unspecified atom stereocenters. The zero-order valence-electron chi connectivity index (χ0n) is 11.2. The number of hydrogen-bond donors (Lipinski definition) is 1. The number of aromatic amines is 1. The van der Waals surface area contributed by atoms with E-state index in [1.165, 1.54) is 25.3 Å². The van der Waals surface area contributed by atoms with Gasteiger partial charge in [-0.3, -0.25) is 0 Å². The van der Waals surface area contributed by atoms with E-state index in [-0.39, 0.29) is 11.4 Å². The van der Waals surface area contributed by atoms with Crippen LogP contribution in [0, 0.1) is 10.6 Å². The average molecular weight is 279 g/mol. The number of fused-ring (bicyclic) bond motifs is 1. The van der Waals surface area contributed by atoms with Crippen LogP contribution in [0.15, 0.2) is 18.2 Å². The van der Waals surface area contributed by atoms with Gasteiger partial charge in [0.15, 0.2) is 4.77 Å². The van der Waals surface area contributed by atoms with Crippen molar-refractivity contribution in [3.63, 3.8) is 0 Å². The van der Waals surface area contributed by atoms with Crippen LogP contribution in [0.3, 0.4) is 0 Å². The van der Waals surface area contributed by atoms with Crippen LogP contribution in [0.25, 0.3) is 11.0 Å². The van der Waals surface area contributed by atoms with E-state index in [1.807, 2.05) is 4.57 Å². The van der Waals surface area contributed by atoms with E-state index in [2.05, 4.69) is 24.0 Å². The van der Waals surface area contributed by atoms with Crippen LogP contribution in [0.4, 0.5) is 4.39 Å². The van der Waals surface area contributed by atoms with Crippen molar-refractivity contribution in [2.45, 2.75) is 31.3 Å². The minimum absolute atomic E-state index is 0.166. The molecule has 0 aliphatic heterocycles. The molecule has 1 fully saturated rings. The highest BCUT2D eigenvalue weighted by Crippen LogP contribution is 2.38. The molecular weight excluding hydrogens is 261 g/mol. The fourth-order valence-electron chi connectivity index (χ4n) is 2.91. The van der Waals surface area contributed by atoms with Gasteiger partial charge in [0.05, 0.1) is 11.0 Å². The van der Waals surface area contributed by atoms with Gasteiger partial charge in [-0.05, 0) is 63.8 Å². The maximum absolute atomic E-state index is 13.4. The molecule has 2 aromatic rings. The molecule has 1 aliphatic rings. The lowest BCUT2D eigenvalue weighted by molar-refractivity contribution is 0.0431. The molecule has 3 rings (SSSR count). The van der Waals surface area contributed by atoms with Gasteiger partial charge in [0.1, 0.15) is 5.82 Å². The molecule has 0 atom stereocenters. The van der Waals surface area contributed by atoms with Crippen molar-refractivity contribution in [3.8, 4) is 0 Å². The van der Waals surface area contributed by atoms with E-state index in [4.69, 9.17) is 12.2 Å². The summed E-state index contributed by atoms with van der Waals surface area (Å²) in [4.78, 5) is 5.43. The highest BCUT2D eigenvalue weighted by Gasteiger charge is 2.39. The Kier molecular flexibility index (Phi) is 2.98. The zero-order valence-corrected chi connectivity index (χ0v) is 12.1. The fourth-order valence-corrected chi connectivity index (χ4v) is 3.18. The highest BCUT2D eigenvalue weighted by atomic mass is 32.1. The molecule has 1 aromatic carbocycles. The van der Waals surface area contributed by atoms with Gasteiger partial charge in [-0.1, -0.05) is 0 Å². The SMILES string of the molecule is CN(C)C1(Cn2c(=S)[nH]c3ccc(F)cc32)CCC1. The summed E-state index contributed by atoms with van der Waals surface area (Å²) in [5.74, 6) is -0.220. The molecule has 0 saturated heterocycles. The topological polar surface area (TPSA) is 24.0 Å². The van der Waals surface area contributed by atoms with Gasteiger partial charge < -0.3 is 14.5 Å². The van der Waals surface area contributed by atoms with Gasteiger partial charge in [-0.2, -0.15) is 0 Å². The summed E-state index contributed by atoms with van der Waals surface area (Å²) in [5, 5.41) is 0. The second-order valence-corrected chi connectivity index (χ2v) is 6.04. The van der Waals surface area contributed by atoms with Crippen molar-refractivity contribution >= 4 is 23.3 Å². The van der Waals surface area contributed by atoms with Crippen molar-refractivity contribution in [2.75, 3.05) is 14.1 Å². The zero-order chi connectivity index (χ0) is 13.6. The smallest absolute Gasteiger partial charge is 0.178 e. The van der Waals surface area contributed by atoms with E-state index in [0.29, 0.717) is 4.77 Å². The molecule has 19 heavy (non-hydrogen) atoms. The Balaban J connectivity index is 2.07. The van der Waals surface area contributed by atoms with Crippen LogP contribution in [-0.4, -0.2) is 34.1 Å². The number of nitrogens with one attached hydrogen (secondary N) is 1. The second kappa shape index (κ2) is 4.42. The molecule has 1 aromatic heterocycles. The summed E-state index contributed by atoms with van der Waals surface area (Å²) in [6.45, 7) is 0.822. The lowest BCUT2D eigenvalue weighted by atomic mass is 9.75. The third kappa shape index (κ3) is 2.01. The minimum Gasteiger partial charge on any atom is -0.331 e. The van der Waals surface area contributed by atoms with Crippen LogP contribution < -0.4 is 0 Å². The highest BCUT2D eigenvalue weighted by molar-refractivity contribution is 7.71. The lowest BCUT2D eigenvalue weighted by Gasteiger charge is -2.47. The predicted molar refractivity (Wildman–Crippen MR) is 77.3 cm³/mol. The summed E-state index contributed by atoms with van der Waals surface area (Å²) in [7, 11) is 4.22. The van der Waals surface area contributed by atoms with E-state index in [0.717, 1.165) is 17.6 Å². The van der Waals surface area contributed by atoms with Crippen LogP contribution in [0.5, 0.6) is 0 Å². The molecule has 5 heteroatoms. The van der Waals surface area contributed by atoms with Crippen LogP contribution in [0.1, 0.15) is 19.3 Å². The molecule has 1 aliphatic carbocycles. The number of likely N-dealkylation sites (N-methyl/N-ethyl adjacent to an activating group) is 1. The summed E-state index contributed by atoms with van der Waals surface area (Å²) < 4.78 is 16.2. The van der Waals surface area contributed by atoms with E-state index >= 15 is 0 Å². The Labute approximate surface area is 117 Å². The number of nitrogens with zero attached hydrogens (tertiary/aromatic N) is 2. The number of hydrogen-bond acceptors (Lipinski definition) is 2. The first-order valence-electron chi connectivity index (χ1n) is 6.57. The Bertz CT molecular complexity index is 667. The maximum Gasteiger partial charge on any atom is 0.178 e. The number of aromatic nitrogens is 2. The summed E-state index contributed by atoms with van der Waals surface area (Å²) in [6, 6.07) is 4.77. The number of halogens is 1. The molecule has 102 valence electrons. The Morgan fingerprint density at radius 3 is 2.74 bits per heavy atom. The molecule has 3 nitrogen and oxygen atoms in total. The quantitative estimate of drug-likeness (QED) is 0.871. The van der Waals surface area contributed by atoms with Crippen LogP contribution in [-0.2, 0) is 6.54 Å². The number of H-pyrrole nitrogens is 1. The molecule has 0 spiro atoms. The number of rotatable bonds is 3. The van der Waals surface area contributed by atoms with Gasteiger partial charge in [0.25, 0.3) is 0 Å². The van der Waals surface area contributed by atoms with Crippen molar-refractivity contribution in [1.29, 1.82) is 0 Å². The van der Waals surface area contributed by atoms with Gasteiger partial charge in [-0.15, -0.1) is 0 Å². The average Bonchev–Trinajstić information content (AvgIpc) is 2.59. The number of benzene rings is 1. The van der Waals surface area contributed by atoms with Crippen molar-refractivity contribution in [1.82, 2.24) is 14.5 Å². The van der Waals surface area contributed by atoms with Crippen molar-refractivity contribution in [2.24, 2.45) is 0 Å². The molecular formula is C14H18FN3S. The largest absolute Gasteiger partial charge is 0.331 e. The minimum atomic E-state index is -0.220. The maximum atomic E-state index is 13.4. The molecule has 0 bridgehead atoms. The molecule has 0 radical (unpaired) electrons. The predicted octanol–water partition coefficient (Wildman–Crippen LogP) is 3.32. The van der Waals surface area contributed by atoms with Gasteiger partial charge in [0.2, 0.25) is 0 Å². The van der Waals surface area contributed by atoms with Gasteiger partial charge in [-0.25, -0.2) is 4.39 Å². The first-order valence-corrected chi connectivity index (χ1v) is 6.98. The lowest BCUT2D eigenvalue weighted by Crippen LogP contribution is -2.53. The fraction of sp³-hybridized carbons (Fsp3) is 0.500. The number of imidazole rings is 1. The second-order valence-electron chi connectivity index (χ2n) is 5.65. The van der Waals surface area contributed by atoms with Gasteiger partial charge >= 0.3 is 0 Å². The first kappa shape index (κ1) is 12.8. The van der Waals surface area contributed by atoms with Gasteiger partial charge in [0, 0.05) is 12.1 Å². The standard InChI is InChI=1S/C14H18FN3S/c1-17(2)14(6-3-7-14)9-18-12-8-10(15)4-5-11(12)16-13(18)19/h4-5,8H,3,6-7,9H2,1-2H3,(H,16,19). The van der Waals surface area contributed by atoms with E-state index < -0.39 is 0 Å². The third-order valence-electron chi connectivity index (χ3n) is 4.42. The molecule has 1 N–H and O–H groups in total. The summed E-state index contributed by atoms with van der Waals surface area (Å²) >= 11 is 5.39. The monoisotopic (exact) mass is 279 g/mol. The van der Waals surface area contributed by atoms with E-state index in [9.17, 15) is 4.39 Å². The first-order chi connectivity index (χ1) is 9.02. The Hall–Kier alpha value is -1.20. The molecule has 1 saturated carbocycles.